The third-order valence-corrected chi connectivity index (χ3v) is 6.71. The molecule has 0 fully saturated rings. The SMILES string of the molecule is CCC=CC1\C=C/C=C\C(=N\C(C)C)C2=c3sc4cc(C)ccc4c3=CCC21. The quantitative estimate of drug-likeness (QED) is 0.597. The van der Waals surface area contributed by atoms with Crippen LogP contribution in [0.2, 0.25) is 0 Å². The number of aliphatic imine (C=N–C) groups is 1. The molecular weight excluding hydrogens is 358 g/mol. The molecule has 1 aromatic heterocycles. The van der Waals surface area contributed by atoms with Gasteiger partial charge in [0.25, 0.3) is 0 Å². The topological polar surface area (TPSA) is 12.4 Å². The number of aryl methyl sites for hydroxylation is 1. The molecule has 2 aromatic rings. The highest BCUT2D eigenvalue weighted by molar-refractivity contribution is 7.17. The molecule has 0 saturated heterocycles. The maximum atomic E-state index is 5.05. The molecule has 0 aliphatic heterocycles. The van der Waals surface area contributed by atoms with Crippen molar-refractivity contribution in [1.29, 1.82) is 0 Å². The Hall–Kier alpha value is -2.19. The fourth-order valence-corrected chi connectivity index (χ4v) is 5.68. The summed E-state index contributed by atoms with van der Waals surface area (Å²) in [6.07, 6.45) is 18.2. The van der Waals surface area contributed by atoms with Crippen molar-refractivity contribution in [2.45, 2.75) is 46.6 Å². The molecule has 0 bridgehead atoms. The van der Waals surface area contributed by atoms with Crippen molar-refractivity contribution in [2.24, 2.45) is 16.8 Å². The summed E-state index contributed by atoms with van der Waals surface area (Å²) < 4.78 is 2.81. The van der Waals surface area contributed by atoms with Gasteiger partial charge in [-0.15, -0.1) is 11.3 Å². The lowest BCUT2D eigenvalue weighted by atomic mass is 9.77. The molecule has 2 aliphatic carbocycles. The fourth-order valence-electron chi connectivity index (χ4n) is 4.26. The van der Waals surface area contributed by atoms with Gasteiger partial charge in [-0.05, 0) is 62.1 Å². The summed E-state index contributed by atoms with van der Waals surface area (Å²) in [7, 11) is 0. The summed E-state index contributed by atoms with van der Waals surface area (Å²) in [5, 5.41) is 2.81. The summed E-state index contributed by atoms with van der Waals surface area (Å²) in [6, 6.07) is 7.14. The lowest BCUT2D eigenvalue weighted by Gasteiger charge is -2.28. The molecule has 2 atom stereocenters. The average Bonchev–Trinajstić information content (AvgIpc) is 3.01. The summed E-state index contributed by atoms with van der Waals surface area (Å²) in [5.74, 6) is 0.858. The van der Waals surface area contributed by atoms with Crippen LogP contribution in [0.4, 0.5) is 0 Å². The molecule has 0 N–H and O–H groups in total. The number of allylic oxidation sites excluding steroid dienone is 6. The smallest absolute Gasteiger partial charge is 0.0627 e. The first-order valence-corrected chi connectivity index (χ1v) is 11.2. The first kappa shape index (κ1) is 19.1. The number of hydrogen-bond acceptors (Lipinski definition) is 2. The van der Waals surface area contributed by atoms with E-state index in [-0.39, 0.29) is 6.04 Å². The molecule has 1 nitrogen and oxygen atoms in total. The van der Waals surface area contributed by atoms with Gasteiger partial charge in [0.1, 0.15) is 0 Å². The van der Waals surface area contributed by atoms with E-state index in [0.717, 1.165) is 18.6 Å². The van der Waals surface area contributed by atoms with Gasteiger partial charge in [-0.1, -0.05) is 55.5 Å². The zero-order chi connectivity index (χ0) is 19.7. The van der Waals surface area contributed by atoms with E-state index in [1.807, 2.05) is 11.3 Å². The predicted molar refractivity (Wildman–Crippen MR) is 126 cm³/mol. The molecule has 144 valence electrons. The van der Waals surface area contributed by atoms with Crippen LogP contribution < -0.4 is 9.75 Å². The molecule has 1 aromatic carbocycles. The highest BCUT2D eigenvalue weighted by atomic mass is 32.1. The minimum Gasteiger partial charge on any atom is -0.282 e. The van der Waals surface area contributed by atoms with Gasteiger partial charge in [0, 0.05) is 32.5 Å². The molecule has 0 spiro atoms. The van der Waals surface area contributed by atoms with Crippen LogP contribution in [-0.4, -0.2) is 11.8 Å². The van der Waals surface area contributed by atoms with Gasteiger partial charge in [0.15, 0.2) is 0 Å². The monoisotopic (exact) mass is 387 g/mol. The Morgan fingerprint density at radius 1 is 1.25 bits per heavy atom. The molecule has 0 amide bonds. The minimum absolute atomic E-state index is 0.284. The fraction of sp³-hybridized carbons (Fsp3) is 0.346. The number of rotatable bonds is 3. The van der Waals surface area contributed by atoms with Gasteiger partial charge in [-0.25, -0.2) is 0 Å². The lowest BCUT2D eigenvalue weighted by Crippen LogP contribution is -2.34. The zero-order valence-electron chi connectivity index (χ0n) is 17.3. The molecule has 0 radical (unpaired) electrons. The van der Waals surface area contributed by atoms with E-state index in [9.17, 15) is 0 Å². The van der Waals surface area contributed by atoms with Crippen LogP contribution in [0.15, 0.2) is 59.6 Å². The molecule has 2 heteroatoms. The van der Waals surface area contributed by atoms with Gasteiger partial charge in [-0.2, -0.15) is 0 Å². The van der Waals surface area contributed by atoms with Crippen molar-refractivity contribution in [3.05, 3.63) is 70.0 Å². The highest BCUT2D eigenvalue weighted by Crippen LogP contribution is 2.33. The molecular formula is C26H29NS. The molecule has 2 unspecified atom stereocenters. The normalized spacial score (nSPS) is 25.5. The summed E-state index contributed by atoms with van der Waals surface area (Å²) in [6.45, 7) is 8.73. The first-order valence-electron chi connectivity index (χ1n) is 10.4. The van der Waals surface area contributed by atoms with E-state index >= 15 is 0 Å². The first-order chi connectivity index (χ1) is 13.6. The van der Waals surface area contributed by atoms with Crippen LogP contribution in [0.25, 0.3) is 21.7 Å². The lowest BCUT2D eigenvalue weighted by molar-refractivity contribution is 0.591. The summed E-state index contributed by atoms with van der Waals surface area (Å²) in [4.78, 5) is 5.05. The van der Waals surface area contributed by atoms with Gasteiger partial charge in [-0.3, -0.25) is 4.99 Å². The second kappa shape index (κ2) is 8.05. The number of hydrogen-bond donors (Lipinski definition) is 0. The standard InChI is InChI=1S/C26H29NS/c1-5-6-9-19-10-7-8-11-23(27-17(2)3)25-20(19)14-15-22-21-13-12-18(4)16-24(21)28-26(22)25/h6-13,15-17,19-20H,5,14H2,1-4H3/b9-6?,10-7-,11-8-,27-23-. The van der Waals surface area contributed by atoms with E-state index in [1.165, 1.54) is 31.0 Å². The second-order valence-corrected chi connectivity index (χ2v) is 9.12. The maximum Gasteiger partial charge on any atom is 0.0627 e. The molecule has 2 aliphatic rings. The van der Waals surface area contributed by atoms with Crippen LogP contribution >= 0.6 is 11.3 Å². The van der Waals surface area contributed by atoms with Crippen molar-refractivity contribution in [3.63, 3.8) is 0 Å². The van der Waals surface area contributed by atoms with E-state index in [1.54, 1.807) is 0 Å². The summed E-state index contributed by atoms with van der Waals surface area (Å²) >= 11 is 1.94. The molecule has 28 heavy (non-hydrogen) atoms. The Balaban J connectivity index is 2.05. The van der Waals surface area contributed by atoms with Gasteiger partial charge in [0.2, 0.25) is 0 Å². The van der Waals surface area contributed by atoms with Crippen LogP contribution in [0.5, 0.6) is 0 Å². The summed E-state index contributed by atoms with van der Waals surface area (Å²) in [5.41, 5.74) is 3.93. The van der Waals surface area contributed by atoms with Crippen LogP contribution in [0.1, 0.15) is 39.2 Å². The van der Waals surface area contributed by atoms with E-state index in [4.69, 9.17) is 4.99 Å². The highest BCUT2D eigenvalue weighted by Gasteiger charge is 2.28. The van der Waals surface area contributed by atoms with Gasteiger partial charge >= 0.3 is 0 Å². The molecule has 1 heterocycles. The predicted octanol–water partition coefficient (Wildman–Crippen LogP) is 5.72. The van der Waals surface area contributed by atoms with E-state index in [2.05, 4.69) is 88.4 Å². The van der Waals surface area contributed by atoms with Crippen LogP contribution in [-0.2, 0) is 0 Å². The second-order valence-electron chi connectivity index (χ2n) is 8.07. The molecule has 4 rings (SSSR count). The Labute approximate surface area is 172 Å². The Morgan fingerprint density at radius 2 is 2.11 bits per heavy atom. The van der Waals surface area contributed by atoms with E-state index < -0.39 is 0 Å². The van der Waals surface area contributed by atoms with Crippen LogP contribution in [0, 0.1) is 18.8 Å². The third kappa shape index (κ3) is 3.58. The number of nitrogens with zero attached hydrogens (tertiary/aromatic N) is 1. The van der Waals surface area contributed by atoms with Crippen molar-refractivity contribution < 1.29 is 0 Å². The van der Waals surface area contributed by atoms with Gasteiger partial charge < -0.3 is 0 Å². The number of fused-ring (bicyclic) bond motifs is 4. The maximum absolute atomic E-state index is 5.05. The van der Waals surface area contributed by atoms with E-state index in [0.29, 0.717) is 11.8 Å². The number of benzene rings is 1. The van der Waals surface area contributed by atoms with Gasteiger partial charge in [0.05, 0.1) is 5.71 Å². The van der Waals surface area contributed by atoms with Crippen molar-refractivity contribution in [3.8, 4) is 0 Å². The Morgan fingerprint density at radius 3 is 2.89 bits per heavy atom. The zero-order valence-corrected chi connectivity index (χ0v) is 18.1. The molecule has 0 saturated carbocycles. The Kier molecular flexibility index (Phi) is 5.50. The van der Waals surface area contributed by atoms with Crippen molar-refractivity contribution in [1.82, 2.24) is 0 Å². The Bertz CT molecular complexity index is 1120. The van der Waals surface area contributed by atoms with Crippen molar-refractivity contribution >= 4 is 38.8 Å². The largest absolute Gasteiger partial charge is 0.282 e. The average molecular weight is 388 g/mol. The minimum atomic E-state index is 0.284. The van der Waals surface area contributed by atoms with Crippen molar-refractivity contribution in [2.75, 3.05) is 0 Å². The van der Waals surface area contributed by atoms with Crippen LogP contribution in [0.3, 0.4) is 0 Å². The number of thiophene rings is 1. The third-order valence-electron chi connectivity index (χ3n) is 5.51.